The quantitative estimate of drug-likeness (QED) is 0.178. The molecule has 0 aliphatic heterocycles. The van der Waals surface area contributed by atoms with Gasteiger partial charge < -0.3 is 13.8 Å². The summed E-state index contributed by atoms with van der Waals surface area (Å²) in [6.45, 7) is 5.28. The molecule has 0 heterocycles. The summed E-state index contributed by atoms with van der Waals surface area (Å²) >= 11 is 0. The van der Waals surface area contributed by atoms with Gasteiger partial charge in [-0.2, -0.15) is 5.09 Å². The summed E-state index contributed by atoms with van der Waals surface area (Å²) in [4.78, 5) is 22.8. The van der Waals surface area contributed by atoms with E-state index in [1.807, 2.05) is 19.1 Å². The maximum Gasteiger partial charge on any atom is 0.513 e. The second-order valence-electron chi connectivity index (χ2n) is 8.16. The van der Waals surface area contributed by atoms with Crippen molar-refractivity contribution in [3.63, 3.8) is 0 Å². The molecule has 0 aromatic heterocycles. The highest BCUT2D eigenvalue weighted by atomic mass is 31.2. The highest BCUT2D eigenvalue weighted by Crippen LogP contribution is 2.46. The number of hydrogen-bond acceptors (Lipinski definition) is 7. The molecule has 178 valence electrons. The van der Waals surface area contributed by atoms with Crippen LogP contribution in [0.25, 0.3) is 0 Å². The predicted octanol–water partition coefficient (Wildman–Crippen LogP) is 5.75. The number of non-ortho nitro benzene ring substituents is 1. The van der Waals surface area contributed by atoms with Crippen LogP contribution in [-0.4, -0.2) is 23.0 Å². The van der Waals surface area contributed by atoms with Crippen LogP contribution in [0.1, 0.15) is 57.9 Å². The van der Waals surface area contributed by atoms with E-state index in [0.717, 1.165) is 19.3 Å². The van der Waals surface area contributed by atoms with Gasteiger partial charge in [-0.25, -0.2) is 4.57 Å². The molecule has 0 saturated heterocycles. The van der Waals surface area contributed by atoms with Crippen LogP contribution in [0.15, 0.2) is 48.5 Å². The van der Waals surface area contributed by atoms with Gasteiger partial charge in [-0.3, -0.25) is 14.9 Å². The molecule has 0 radical (unpaired) electrons. The van der Waals surface area contributed by atoms with E-state index >= 15 is 0 Å². The number of benzene rings is 2. The lowest BCUT2D eigenvalue weighted by atomic mass is 10.1. The van der Waals surface area contributed by atoms with Crippen molar-refractivity contribution < 1.29 is 28.1 Å². The number of rotatable bonds is 12. The Morgan fingerprint density at radius 2 is 1.64 bits per heavy atom. The van der Waals surface area contributed by atoms with Gasteiger partial charge in [-0.1, -0.05) is 25.5 Å². The predicted molar refractivity (Wildman–Crippen MR) is 123 cm³/mol. The zero-order chi connectivity index (χ0) is 24.0. The first-order chi connectivity index (χ1) is 15.7. The van der Waals surface area contributed by atoms with Crippen LogP contribution in [-0.2, 0) is 14.1 Å². The zero-order valence-electron chi connectivity index (χ0n) is 18.9. The van der Waals surface area contributed by atoms with Gasteiger partial charge in [0.05, 0.1) is 11.0 Å². The molecule has 1 aliphatic carbocycles. The summed E-state index contributed by atoms with van der Waals surface area (Å²) in [5, 5.41) is 13.5. The van der Waals surface area contributed by atoms with E-state index < -0.39 is 24.7 Å². The molecule has 3 atom stereocenters. The molecule has 1 unspecified atom stereocenters. The third kappa shape index (κ3) is 7.30. The van der Waals surface area contributed by atoms with Crippen LogP contribution >= 0.6 is 7.75 Å². The van der Waals surface area contributed by atoms with E-state index in [0.29, 0.717) is 18.1 Å². The van der Waals surface area contributed by atoms with Gasteiger partial charge in [0.25, 0.3) is 5.69 Å². The molecule has 10 heteroatoms. The summed E-state index contributed by atoms with van der Waals surface area (Å²) in [5.74, 6) is 0.361. The van der Waals surface area contributed by atoms with Gasteiger partial charge in [-0.05, 0) is 68.9 Å². The number of nitrogens with one attached hydrogen (secondary N) is 1. The smallest absolute Gasteiger partial charge is 0.462 e. The molecule has 1 N–H and O–H groups in total. The van der Waals surface area contributed by atoms with Crippen molar-refractivity contribution in [1.29, 1.82) is 0 Å². The van der Waals surface area contributed by atoms with Gasteiger partial charge >= 0.3 is 13.7 Å². The maximum absolute atomic E-state index is 13.6. The Morgan fingerprint density at radius 1 is 1.09 bits per heavy atom. The molecular weight excluding hydrogens is 447 g/mol. The molecule has 0 amide bonds. The molecular formula is C23H29N2O7P. The monoisotopic (exact) mass is 476 g/mol. The van der Waals surface area contributed by atoms with Crippen LogP contribution in [0.4, 0.5) is 5.69 Å². The number of nitrogens with zero attached hydrogens (tertiary/aromatic N) is 1. The van der Waals surface area contributed by atoms with Crippen molar-refractivity contribution in [3.8, 4) is 11.5 Å². The number of ether oxygens (including phenoxy) is 1. The van der Waals surface area contributed by atoms with Crippen molar-refractivity contribution >= 4 is 19.4 Å². The first kappa shape index (κ1) is 24.7. The highest BCUT2D eigenvalue weighted by molar-refractivity contribution is 7.52. The molecule has 1 fully saturated rings. The molecule has 9 nitrogen and oxygen atoms in total. The van der Waals surface area contributed by atoms with Crippen LogP contribution in [0.3, 0.4) is 0 Å². The van der Waals surface area contributed by atoms with Crippen LogP contribution in [0, 0.1) is 10.1 Å². The lowest BCUT2D eigenvalue weighted by molar-refractivity contribution is -0.384. The average Bonchev–Trinajstić information content (AvgIpc) is 3.60. The fourth-order valence-corrected chi connectivity index (χ4v) is 4.77. The molecule has 2 aromatic rings. The lowest BCUT2D eigenvalue weighted by Gasteiger charge is -2.24. The number of carbonyl (C=O) groups is 1. The SMILES string of the molecule is CCC[C@H](C)OC(=O)[C@H](C)NP(=O)(Oc1ccc(C2CC2)cc1)Oc1ccc([N+](=O)[O-])cc1. The zero-order valence-corrected chi connectivity index (χ0v) is 19.8. The summed E-state index contributed by atoms with van der Waals surface area (Å²) in [5.41, 5.74) is 1.05. The van der Waals surface area contributed by atoms with Crippen LogP contribution in [0.2, 0.25) is 0 Å². The minimum Gasteiger partial charge on any atom is -0.462 e. The Kier molecular flexibility index (Phi) is 8.10. The average molecular weight is 476 g/mol. The van der Waals surface area contributed by atoms with Crippen molar-refractivity contribution in [3.05, 3.63) is 64.2 Å². The Morgan fingerprint density at radius 3 is 2.12 bits per heavy atom. The maximum atomic E-state index is 13.6. The lowest BCUT2D eigenvalue weighted by Crippen LogP contribution is -2.37. The number of carbonyl (C=O) groups excluding carboxylic acids is 1. The van der Waals surface area contributed by atoms with E-state index in [4.69, 9.17) is 13.8 Å². The molecule has 0 bridgehead atoms. The summed E-state index contributed by atoms with van der Waals surface area (Å²) in [7, 11) is -4.11. The van der Waals surface area contributed by atoms with Crippen molar-refractivity contribution in [2.45, 2.75) is 64.5 Å². The third-order valence-electron chi connectivity index (χ3n) is 5.15. The molecule has 2 aromatic carbocycles. The minimum atomic E-state index is -4.11. The topological polar surface area (TPSA) is 117 Å². The van der Waals surface area contributed by atoms with E-state index in [1.54, 1.807) is 19.1 Å². The van der Waals surface area contributed by atoms with Gasteiger partial charge in [0.2, 0.25) is 0 Å². The number of nitro groups is 1. The third-order valence-corrected chi connectivity index (χ3v) is 6.75. The largest absolute Gasteiger partial charge is 0.513 e. The van der Waals surface area contributed by atoms with Gasteiger partial charge in [0.1, 0.15) is 17.5 Å². The molecule has 33 heavy (non-hydrogen) atoms. The normalized spacial score (nSPS) is 16.8. The van der Waals surface area contributed by atoms with Crippen molar-refractivity contribution in [1.82, 2.24) is 5.09 Å². The number of esters is 1. The first-order valence-corrected chi connectivity index (χ1v) is 12.6. The molecule has 0 spiro atoms. The van der Waals surface area contributed by atoms with Gasteiger partial charge in [-0.15, -0.1) is 0 Å². The first-order valence-electron chi connectivity index (χ1n) is 11.0. The summed E-state index contributed by atoms with van der Waals surface area (Å²) in [6, 6.07) is 11.3. The van der Waals surface area contributed by atoms with E-state index in [1.165, 1.54) is 36.8 Å². The highest BCUT2D eigenvalue weighted by Gasteiger charge is 2.34. The second-order valence-corrected chi connectivity index (χ2v) is 9.78. The van der Waals surface area contributed by atoms with E-state index in [2.05, 4.69) is 5.09 Å². The van der Waals surface area contributed by atoms with Gasteiger partial charge in [0.15, 0.2) is 0 Å². The Balaban J connectivity index is 1.77. The fraction of sp³-hybridized carbons (Fsp3) is 0.435. The van der Waals surface area contributed by atoms with Crippen LogP contribution < -0.4 is 14.1 Å². The Hall–Kier alpha value is -2.90. The van der Waals surface area contributed by atoms with Crippen molar-refractivity contribution in [2.24, 2.45) is 0 Å². The summed E-state index contributed by atoms with van der Waals surface area (Å²) < 4.78 is 30.3. The summed E-state index contributed by atoms with van der Waals surface area (Å²) in [6.07, 6.45) is 3.59. The van der Waals surface area contributed by atoms with E-state index in [-0.39, 0.29) is 17.5 Å². The van der Waals surface area contributed by atoms with Crippen LogP contribution in [0.5, 0.6) is 11.5 Å². The molecule has 3 rings (SSSR count). The molecule has 1 aliphatic rings. The van der Waals surface area contributed by atoms with Crippen molar-refractivity contribution in [2.75, 3.05) is 0 Å². The number of nitro benzene ring substituents is 1. The molecule has 1 saturated carbocycles. The van der Waals surface area contributed by atoms with Gasteiger partial charge in [0, 0.05) is 12.1 Å². The Bertz CT molecular complexity index is 1010. The van der Waals surface area contributed by atoms with E-state index in [9.17, 15) is 19.5 Å². The fourth-order valence-electron chi connectivity index (χ4n) is 3.25. The second kappa shape index (κ2) is 10.8. The Labute approximate surface area is 193 Å². The number of hydrogen-bond donors (Lipinski definition) is 1. The minimum absolute atomic E-state index is 0.0888. The standard InChI is InChI=1S/C23H29N2O7P/c1-4-5-16(2)30-23(26)17(3)24-33(29,32-22-14-10-20(11-15-22)25(27)28)31-21-12-8-19(9-13-21)18-6-7-18/h8-18H,4-7H2,1-3H3,(H,24,29)/t16-,17-,33?/m0/s1.